The summed E-state index contributed by atoms with van der Waals surface area (Å²) < 4.78 is 27.7. The van der Waals surface area contributed by atoms with Crippen LogP contribution in [0.2, 0.25) is 0 Å². The molecule has 0 aromatic heterocycles. The third-order valence-corrected chi connectivity index (χ3v) is 8.24. The number of rotatable bonds is 5. The predicted octanol–water partition coefficient (Wildman–Crippen LogP) is 0.0950. The normalized spacial score (nSPS) is 22.9. The molecule has 2 heterocycles. The van der Waals surface area contributed by atoms with Gasteiger partial charge in [0.25, 0.3) is 0 Å². The van der Waals surface area contributed by atoms with Crippen molar-refractivity contribution < 1.29 is 13.5 Å². The highest BCUT2D eigenvalue weighted by Crippen LogP contribution is 2.39. The van der Waals surface area contributed by atoms with Gasteiger partial charge in [-0.2, -0.15) is 9.30 Å². The molecule has 1 aliphatic carbocycles. The van der Waals surface area contributed by atoms with Crippen molar-refractivity contribution in [3.8, 4) is 0 Å². The van der Waals surface area contributed by atoms with Gasteiger partial charge in [0.1, 0.15) is 5.66 Å². The summed E-state index contributed by atoms with van der Waals surface area (Å²) >= 11 is 0. The minimum absolute atomic E-state index is 0.0777. The zero-order valence-corrected chi connectivity index (χ0v) is 18.5. The van der Waals surface area contributed by atoms with Crippen molar-refractivity contribution in [3.63, 3.8) is 0 Å². The van der Waals surface area contributed by atoms with Crippen LogP contribution < -0.4 is 16.4 Å². The van der Waals surface area contributed by atoms with Crippen molar-refractivity contribution in [3.05, 3.63) is 24.3 Å². The third-order valence-electron chi connectivity index (χ3n) is 6.33. The summed E-state index contributed by atoms with van der Waals surface area (Å²) in [6.45, 7) is 2.69. The van der Waals surface area contributed by atoms with Gasteiger partial charge in [-0.3, -0.25) is 9.80 Å². The second-order valence-electron chi connectivity index (χ2n) is 8.28. The van der Waals surface area contributed by atoms with Gasteiger partial charge in [-0.05, 0) is 49.9 Å². The smallest absolute Gasteiger partial charge is 0.243 e. The molecule has 10 nitrogen and oxygen atoms in total. The predicted molar refractivity (Wildman–Crippen MR) is 120 cm³/mol. The first-order valence-corrected chi connectivity index (χ1v) is 12.2. The highest BCUT2D eigenvalue weighted by molar-refractivity contribution is 7.89. The number of nitrogens with zero attached hydrogens (tertiary/aromatic N) is 5. The average molecular weight is 450 g/mol. The first-order chi connectivity index (χ1) is 14.9. The number of hydrogen-bond acceptors (Lipinski definition) is 9. The minimum Gasteiger partial charge on any atom is -0.395 e. The summed E-state index contributed by atoms with van der Waals surface area (Å²) in [5.74, 6) is 0.472. The monoisotopic (exact) mass is 449 g/mol. The van der Waals surface area contributed by atoms with E-state index in [1.807, 2.05) is 4.90 Å². The molecular formula is C20H31N7O3S. The van der Waals surface area contributed by atoms with Crippen molar-refractivity contribution in [2.75, 3.05) is 44.2 Å². The van der Waals surface area contributed by atoms with Crippen LogP contribution in [0.25, 0.3) is 0 Å². The van der Waals surface area contributed by atoms with Crippen LogP contribution in [0.1, 0.15) is 32.1 Å². The maximum Gasteiger partial charge on any atom is 0.243 e. The number of aliphatic hydroxyl groups excluding tert-OH is 1. The molecule has 0 amide bonds. The van der Waals surface area contributed by atoms with Crippen LogP contribution in [0, 0.1) is 0 Å². The van der Waals surface area contributed by atoms with Gasteiger partial charge in [0.05, 0.1) is 11.5 Å². The van der Waals surface area contributed by atoms with Gasteiger partial charge in [-0.25, -0.2) is 13.4 Å². The van der Waals surface area contributed by atoms with Crippen LogP contribution in [0.4, 0.5) is 5.69 Å². The van der Waals surface area contributed by atoms with Crippen molar-refractivity contribution in [2.24, 2.45) is 21.5 Å². The number of hydrogen-bond donors (Lipinski definition) is 3. The van der Waals surface area contributed by atoms with E-state index in [0.29, 0.717) is 32.7 Å². The number of guanidine groups is 2. The van der Waals surface area contributed by atoms with Crippen molar-refractivity contribution in [1.82, 2.24) is 9.21 Å². The SMILES string of the molecule is NC1=NC2(CCCCC2)N(c2ccc(S(=O)(=O)N3CCN(CCO)CC3)cc2)C(N)=N1. The molecular weight excluding hydrogens is 418 g/mol. The molecule has 2 aliphatic heterocycles. The number of sulfonamides is 1. The molecule has 0 radical (unpaired) electrons. The van der Waals surface area contributed by atoms with Crippen LogP contribution >= 0.6 is 0 Å². The van der Waals surface area contributed by atoms with Crippen LogP contribution in [0.5, 0.6) is 0 Å². The Hall–Kier alpha value is -2.21. The minimum atomic E-state index is -3.59. The standard InChI is InChI=1S/C20H31N7O3S/c21-18-23-19(22)27(20(24-18)8-2-1-3-9-20)16-4-6-17(7-5-16)31(29,30)26-12-10-25(11-13-26)14-15-28/h4-7,28H,1-3,8-15H2,(H4,21,22,23,24). The fourth-order valence-electron chi connectivity index (χ4n) is 4.75. The van der Waals surface area contributed by atoms with Crippen LogP contribution in [0.15, 0.2) is 39.1 Å². The van der Waals surface area contributed by atoms with E-state index in [1.54, 1.807) is 24.3 Å². The topological polar surface area (TPSA) is 141 Å². The number of piperazine rings is 1. The number of nitrogens with two attached hydrogens (primary N) is 2. The van der Waals surface area contributed by atoms with E-state index in [-0.39, 0.29) is 23.4 Å². The Labute approximate surface area is 183 Å². The molecule has 3 aliphatic rings. The molecule has 1 aromatic rings. The Morgan fingerprint density at radius 3 is 2.26 bits per heavy atom. The molecule has 1 spiro atoms. The lowest BCUT2D eigenvalue weighted by Gasteiger charge is -2.45. The van der Waals surface area contributed by atoms with Gasteiger partial charge in [0.2, 0.25) is 21.9 Å². The molecule has 4 rings (SSSR count). The van der Waals surface area contributed by atoms with Gasteiger partial charge in [0, 0.05) is 38.4 Å². The molecule has 0 bridgehead atoms. The summed E-state index contributed by atoms with van der Waals surface area (Å²) in [7, 11) is -3.59. The summed E-state index contributed by atoms with van der Waals surface area (Å²) in [5, 5.41) is 9.07. The molecule has 0 atom stereocenters. The molecule has 1 aromatic carbocycles. The summed E-state index contributed by atoms with van der Waals surface area (Å²) in [5.41, 5.74) is 12.4. The summed E-state index contributed by atoms with van der Waals surface area (Å²) in [4.78, 5) is 13.0. The Balaban J connectivity index is 1.56. The lowest BCUT2D eigenvalue weighted by Crippen LogP contribution is -2.58. The lowest BCUT2D eigenvalue weighted by molar-refractivity contribution is 0.151. The Morgan fingerprint density at radius 1 is 1.00 bits per heavy atom. The first kappa shape index (κ1) is 22.0. The van der Waals surface area contributed by atoms with Gasteiger partial charge < -0.3 is 16.6 Å². The van der Waals surface area contributed by atoms with Crippen LogP contribution in [0.3, 0.4) is 0 Å². The maximum absolute atomic E-state index is 13.1. The Bertz CT molecular complexity index is 947. The lowest BCUT2D eigenvalue weighted by atomic mass is 9.87. The van der Waals surface area contributed by atoms with E-state index in [4.69, 9.17) is 16.6 Å². The van der Waals surface area contributed by atoms with Crippen molar-refractivity contribution in [2.45, 2.75) is 42.7 Å². The van der Waals surface area contributed by atoms with Crippen molar-refractivity contribution >= 4 is 27.6 Å². The zero-order valence-electron chi connectivity index (χ0n) is 17.7. The number of anilines is 1. The second-order valence-corrected chi connectivity index (χ2v) is 10.2. The number of β-amino-alcohol motifs (C(OH)–C–C–N with tert-alkyl or cyclic N) is 1. The molecule has 31 heavy (non-hydrogen) atoms. The number of benzene rings is 1. The number of aliphatic hydroxyl groups is 1. The largest absolute Gasteiger partial charge is 0.395 e. The van der Waals surface area contributed by atoms with E-state index < -0.39 is 15.7 Å². The second kappa shape index (κ2) is 8.73. The molecule has 2 fully saturated rings. The van der Waals surface area contributed by atoms with E-state index in [9.17, 15) is 8.42 Å². The Morgan fingerprint density at radius 2 is 1.65 bits per heavy atom. The van der Waals surface area contributed by atoms with E-state index >= 15 is 0 Å². The van der Waals surface area contributed by atoms with Gasteiger partial charge >= 0.3 is 0 Å². The van der Waals surface area contributed by atoms with Crippen LogP contribution in [-0.4, -0.2) is 79.6 Å². The summed E-state index contributed by atoms with van der Waals surface area (Å²) in [6, 6.07) is 6.78. The summed E-state index contributed by atoms with van der Waals surface area (Å²) in [6.07, 6.45) is 4.83. The molecule has 1 saturated carbocycles. The molecule has 0 unspecified atom stereocenters. The maximum atomic E-state index is 13.1. The fourth-order valence-corrected chi connectivity index (χ4v) is 6.17. The highest BCUT2D eigenvalue weighted by atomic mass is 32.2. The Kier molecular flexibility index (Phi) is 6.20. The number of aliphatic imine (C=N–C) groups is 2. The molecule has 170 valence electrons. The average Bonchev–Trinajstić information content (AvgIpc) is 2.75. The van der Waals surface area contributed by atoms with E-state index in [2.05, 4.69) is 14.9 Å². The van der Waals surface area contributed by atoms with Crippen LogP contribution in [-0.2, 0) is 10.0 Å². The van der Waals surface area contributed by atoms with Gasteiger partial charge in [-0.15, -0.1) is 0 Å². The van der Waals surface area contributed by atoms with E-state index in [0.717, 1.165) is 37.8 Å². The molecule has 1 saturated heterocycles. The van der Waals surface area contributed by atoms with E-state index in [1.165, 1.54) is 4.31 Å². The van der Waals surface area contributed by atoms with Gasteiger partial charge in [0.15, 0.2) is 0 Å². The first-order valence-electron chi connectivity index (χ1n) is 10.8. The molecule has 11 heteroatoms. The third kappa shape index (κ3) is 4.27. The quantitative estimate of drug-likeness (QED) is 0.579. The fraction of sp³-hybridized carbons (Fsp3) is 0.600. The highest BCUT2D eigenvalue weighted by Gasteiger charge is 2.42. The zero-order chi connectivity index (χ0) is 22.1. The molecule has 5 N–H and O–H groups in total. The van der Waals surface area contributed by atoms with Gasteiger partial charge in [-0.1, -0.05) is 6.42 Å². The van der Waals surface area contributed by atoms with Crippen molar-refractivity contribution in [1.29, 1.82) is 0 Å².